The van der Waals surface area contributed by atoms with E-state index < -0.39 is 56.2 Å². The summed E-state index contributed by atoms with van der Waals surface area (Å²) in [5.74, 6) is -3.90. The Morgan fingerprint density at radius 2 is 1.54 bits per heavy atom. The number of ether oxygens (including phenoxy) is 3. The van der Waals surface area contributed by atoms with Gasteiger partial charge in [0.25, 0.3) is 15.9 Å². The van der Waals surface area contributed by atoms with Gasteiger partial charge in [-0.3, -0.25) is 10.1 Å². The number of hydrogen-bond acceptors (Lipinski definition) is 12. The minimum absolute atomic E-state index is 0.0494. The molecule has 21 heteroatoms. The van der Waals surface area contributed by atoms with Crippen LogP contribution in [0, 0.1) is 18.6 Å². The van der Waals surface area contributed by atoms with Crippen molar-refractivity contribution in [1.82, 2.24) is 24.7 Å². The lowest BCUT2D eigenvalue weighted by atomic mass is 10.2. The summed E-state index contributed by atoms with van der Waals surface area (Å²) in [6.45, 7) is 1.54. The number of methoxy groups -OCH3 is 2. The average Bonchev–Trinajstić information content (AvgIpc) is 3.12. The Hall–Kier alpha value is -6.77. The zero-order chi connectivity index (χ0) is 39.6. The Kier molecular flexibility index (Phi) is 12.7. The number of rotatable bonds is 9. The molecular formula is C33H26F5N7O8S. The van der Waals surface area contributed by atoms with Gasteiger partial charge in [0, 0.05) is 12.3 Å². The first-order valence-corrected chi connectivity index (χ1v) is 16.3. The van der Waals surface area contributed by atoms with E-state index in [0.717, 1.165) is 43.5 Å². The SMILES string of the molecule is COC(=O)c1ccccc1S(=O)(=O)NC(=O)Nc1nc(C)nc(OC)n1.O=C(Nc1ccc(F)cc1F)c1cccnc1Oc1cccc(C(F)(F)F)c1. The number of nitrogens with zero attached hydrogens (tertiary/aromatic N) is 4. The molecule has 2 heterocycles. The van der Waals surface area contributed by atoms with Crippen LogP contribution in [0.25, 0.3) is 0 Å². The zero-order valence-electron chi connectivity index (χ0n) is 27.9. The maximum atomic E-state index is 13.7. The van der Waals surface area contributed by atoms with Crippen molar-refractivity contribution in [2.75, 3.05) is 24.9 Å². The number of carbonyl (C=O) groups excluding carboxylic acids is 3. The number of halogens is 5. The zero-order valence-corrected chi connectivity index (χ0v) is 28.8. The first kappa shape index (κ1) is 40.0. The first-order valence-electron chi connectivity index (χ1n) is 14.8. The number of urea groups is 1. The normalized spacial score (nSPS) is 11.0. The van der Waals surface area contributed by atoms with Crippen molar-refractivity contribution in [3.8, 4) is 17.6 Å². The highest BCUT2D eigenvalue weighted by molar-refractivity contribution is 7.90. The number of nitrogens with one attached hydrogen (secondary N) is 3. The molecule has 0 aliphatic rings. The van der Waals surface area contributed by atoms with Crippen molar-refractivity contribution < 1.29 is 59.0 Å². The maximum absolute atomic E-state index is 13.7. The molecule has 0 aliphatic heterocycles. The molecule has 0 aliphatic carbocycles. The molecule has 0 atom stereocenters. The molecule has 54 heavy (non-hydrogen) atoms. The predicted molar refractivity (Wildman–Crippen MR) is 178 cm³/mol. The molecular weight excluding hydrogens is 749 g/mol. The molecule has 0 bridgehead atoms. The van der Waals surface area contributed by atoms with Crippen LogP contribution in [0.2, 0.25) is 0 Å². The van der Waals surface area contributed by atoms with E-state index in [1.54, 1.807) is 4.72 Å². The summed E-state index contributed by atoms with van der Waals surface area (Å²) in [7, 11) is -1.92. The number of pyridine rings is 1. The quantitative estimate of drug-likeness (QED) is 0.118. The van der Waals surface area contributed by atoms with Crippen LogP contribution in [0.3, 0.4) is 0 Å². The molecule has 3 N–H and O–H groups in total. The number of hydrogen-bond donors (Lipinski definition) is 3. The van der Waals surface area contributed by atoms with E-state index in [0.29, 0.717) is 6.07 Å². The Bertz CT molecular complexity index is 2300. The van der Waals surface area contributed by atoms with E-state index in [1.165, 1.54) is 56.6 Å². The van der Waals surface area contributed by atoms with Gasteiger partial charge in [0.2, 0.25) is 11.8 Å². The van der Waals surface area contributed by atoms with Crippen LogP contribution in [-0.4, -0.2) is 60.5 Å². The van der Waals surface area contributed by atoms with Crippen molar-refractivity contribution in [3.63, 3.8) is 0 Å². The molecule has 3 aromatic carbocycles. The number of anilines is 2. The van der Waals surface area contributed by atoms with E-state index in [4.69, 9.17) is 9.47 Å². The van der Waals surface area contributed by atoms with Crippen molar-refractivity contribution in [1.29, 1.82) is 0 Å². The van der Waals surface area contributed by atoms with E-state index >= 15 is 0 Å². The third-order valence-corrected chi connectivity index (χ3v) is 7.90. The van der Waals surface area contributed by atoms with Crippen LogP contribution in [0.1, 0.15) is 32.1 Å². The van der Waals surface area contributed by atoms with Gasteiger partial charge < -0.3 is 19.5 Å². The molecule has 0 saturated carbocycles. The summed E-state index contributed by atoms with van der Waals surface area (Å²) in [5, 5.41) is 4.39. The fourth-order valence-corrected chi connectivity index (χ4v) is 5.26. The number of amides is 3. The fraction of sp³-hybridized carbons (Fsp3) is 0.121. The van der Waals surface area contributed by atoms with Gasteiger partial charge in [-0.05, 0) is 61.5 Å². The van der Waals surface area contributed by atoms with E-state index in [1.807, 2.05) is 0 Å². The number of esters is 1. The van der Waals surface area contributed by atoms with Gasteiger partial charge in [-0.1, -0.05) is 18.2 Å². The molecule has 0 radical (unpaired) electrons. The fourth-order valence-electron chi connectivity index (χ4n) is 4.16. The molecule has 3 amide bonds. The standard InChI is InChI=1S/C19H11F5N2O2.C14H15N5O6S/c20-12-6-7-16(15(21)10-12)26-17(27)14-5-2-8-25-18(14)28-13-4-1-3-11(9-13)19(22,23)24;1-8-15-12(18-14(16-8)25-3)17-13(21)19-26(22,23)10-7-5-4-6-9(10)11(20)24-2/h1-10H,(H,26,27);4-7H,1-3H3,(H2,15,16,17,18,19,21). The number of aromatic nitrogens is 4. The number of benzene rings is 3. The summed E-state index contributed by atoms with van der Waals surface area (Å²) in [6.07, 6.45) is -3.29. The summed E-state index contributed by atoms with van der Waals surface area (Å²) in [4.78, 5) is 51.0. The Morgan fingerprint density at radius 3 is 2.22 bits per heavy atom. The smallest absolute Gasteiger partial charge is 0.416 e. The second-order valence-electron chi connectivity index (χ2n) is 10.3. The van der Waals surface area contributed by atoms with Crippen LogP contribution in [0.15, 0.2) is 90.0 Å². The van der Waals surface area contributed by atoms with Crippen molar-refractivity contribution in [2.24, 2.45) is 0 Å². The predicted octanol–water partition coefficient (Wildman–Crippen LogP) is 5.91. The highest BCUT2D eigenvalue weighted by Gasteiger charge is 2.31. The molecule has 2 aromatic heterocycles. The minimum atomic E-state index is -4.57. The van der Waals surface area contributed by atoms with Crippen LogP contribution in [0.4, 0.5) is 38.4 Å². The van der Waals surface area contributed by atoms with Crippen LogP contribution < -0.4 is 24.8 Å². The third kappa shape index (κ3) is 10.6. The number of alkyl halides is 3. The number of carbonyl (C=O) groups is 3. The topological polar surface area (TPSA) is 201 Å². The summed E-state index contributed by atoms with van der Waals surface area (Å²) < 4.78 is 106. The Balaban J connectivity index is 0.000000241. The first-order chi connectivity index (χ1) is 25.5. The lowest BCUT2D eigenvalue weighted by Crippen LogP contribution is -2.35. The molecule has 5 rings (SSSR count). The van der Waals surface area contributed by atoms with Crippen molar-refractivity contribution >= 4 is 39.6 Å². The van der Waals surface area contributed by atoms with Crippen LogP contribution >= 0.6 is 0 Å². The van der Waals surface area contributed by atoms with Gasteiger partial charge in [0.05, 0.1) is 31.0 Å². The molecule has 5 aromatic rings. The van der Waals surface area contributed by atoms with E-state index in [-0.39, 0.29) is 46.2 Å². The van der Waals surface area contributed by atoms with Gasteiger partial charge in [-0.25, -0.2) is 36.5 Å². The summed E-state index contributed by atoms with van der Waals surface area (Å²) in [6, 6.07) is 13.4. The third-order valence-electron chi connectivity index (χ3n) is 6.51. The lowest BCUT2D eigenvalue weighted by Gasteiger charge is -2.12. The molecule has 0 saturated heterocycles. The second-order valence-corrected chi connectivity index (χ2v) is 12.0. The van der Waals surface area contributed by atoms with Gasteiger partial charge >= 0.3 is 24.2 Å². The minimum Gasteiger partial charge on any atom is -0.467 e. The van der Waals surface area contributed by atoms with Gasteiger partial charge in [0.15, 0.2) is 0 Å². The van der Waals surface area contributed by atoms with Gasteiger partial charge in [-0.2, -0.15) is 28.1 Å². The summed E-state index contributed by atoms with van der Waals surface area (Å²) >= 11 is 0. The molecule has 0 fully saturated rings. The number of aryl methyl sites for hydroxylation is 1. The highest BCUT2D eigenvalue weighted by Crippen LogP contribution is 2.33. The lowest BCUT2D eigenvalue weighted by molar-refractivity contribution is -0.137. The van der Waals surface area contributed by atoms with E-state index in [2.05, 4.69) is 35.3 Å². The number of sulfonamides is 1. The summed E-state index contributed by atoms with van der Waals surface area (Å²) in [5.41, 5.74) is -1.57. The Morgan fingerprint density at radius 1 is 0.815 bits per heavy atom. The van der Waals surface area contributed by atoms with Crippen molar-refractivity contribution in [2.45, 2.75) is 18.0 Å². The van der Waals surface area contributed by atoms with Crippen LogP contribution in [0.5, 0.6) is 17.6 Å². The van der Waals surface area contributed by atoms with Crippen LogP contribution in [-0.2, 0) is 20.9 Å². The molecule has 282 valence electrons. The monoisotopic (exact) mass is 775 g/mol. The average molecular weight is 776 g/mol. The second kappa shape index (κ2) is 17.2. The molecule has 15 nitrogen and oxygen atoms in total. The maximum Gasteiger partial charge on any atom is 0.416 e. The largest absolute Gasteiger partial charge is 0.467 e. The van der Waals surface area contributed by atoms with Gasteiger partial charge in [0.1, 0.15) is 33.7 Å². The van der Waals surface area contributed by atoms with E-state index in [9.17, 15) is 44.8 Å². The molecule has 0 spiro atoms. The highest BCUT2D eigenvalue weighted by atomic mass is 32.2. The Labute approximate surface area is 302 Å². The molecule has 0 unspecified atom stereocenters. The van der Waals surface area contributed by atoms with Crippen molar-refractivity contribution in [3.05, 3.63) is 119 Å². The van der Waals surface area contributed by atoms with Gasteiger partial charge in [-0.15, -0.1) is 0 Å².